The highest BCUT2D eigenvalue weighted by Gasteiger charge is 2.47. The molecule has 1 aromatic carbocycles. The lowest BCUT2D eigenvalue weighted by atomic mass is 9.88. The van der Waals surface area contributed by atoms with Crippen LogP contribution in [-0.2, 0) is 24.2 Å². The Morgan fingerprint density at radius 1 is 1.34 bits per heavy atom. The quantitative estimate of drug-likeness (QED) is 0.705. The number of sulfone groups is 1. The van der Waals surface area contributed by atoms with Gasteiger partial charge in [-0.1, -0.05) is 6.07 Å². The van der Waals surface area contributed by atoms with Crippen molar-refractivity contribution in [2.45, 2.75) is 36.9 Å². The normalized spacial score (nSPS) is 18.9. The van der Waals surface area contributed by atoms with Gasteiger partial charge in [0, 0.05) is 18.2 Å². The Hall–Kier alpha value is -3.24. The summed E-state index contributed by atoms with van der Waals surface area (Å²) < 4.78 is 68.6. The number of nitrogens with zero attached hydrogens (tertiary/aromatic N) is 3. The molecule has 0 atom stereocenters. The van der Waals surface area contributed by atoms with Crippen molar-refractivity contribution in [3.05, 3.63) is 46.9 Å². The number of benzene rings is 1. The summed E-state index contributed by atoms with van der Waals surface area (Å²) in [5, 5.41) is 11.1. The molecule has 2 aliphatic heterocycles. The molecule has 0 fully saturated rings. The fourth-order valence-corrected chi connectivity index (χ4v) is 3.91. The molecule has 0 saturated carbocycles. The highest BCUT2D eigenvalue weighted by Crippen LogP contribution is 2.41. The molecule has 0 bridgehead atoms. The Labute approximate surface area is 181 Å². The third kappa shape index (κ3) is 4.37. The molecule has 0 aromatic heterocycles. The second-order valence-electron chi connectivity index (χ2n) is 7.75. The number of rotatable bonds is 3. The molecule has 2 N–H and O–H groups in total. The molecule has 172 valence electrons. The minimum absolute atomic E-state index is 0.0440. The van der Waals surface area contributed by atoms with Crippen LogP contribution < -0.4 is 10.7 Å². The number of ether oxygens (including phenoxy) is 1. The Bertz CT molecular complexity index is 1180. The lowest BCUT2D eigenvalue weighted by Gasteiger charge is -2.45. The number of hydrogen-bond donors (Lipinski definition) is 1. The zero-order chi connectivity index (χ0) is 24.1. The average molecular weight is 472 g/mol. The number of carbonyl (C=O) groups is 1. The standard InChI is InChI=1S/C19H19F3N4O5S/c1-18(2)8-13-14(9-23)16(24)25(11-5-4-6-12(7-11)32(3,28)29)26(15(13)10-30-18)31-17(27)19(20,21)22/h4-7H,8,10,24H2,1-3H3. The van der Waals surface area contributed by atoms with E-state index in [1.807, 2.05) is 6.07 Å². The first kappa shape index (κ1) is 23.4. The number of carbonyl (C=O) groups excluding carboxylic acids is 1. The molecule has 0 amide bonds. The molecule has 0 radical (unpaired) electrons. The number of hydrogen-bond acceptors (Lipinski definition) is 9. The Balaban J connectivity index is 2.23. The van der Waals surface area contributed by atoms with Gasteiger partial charge in [0.25, 0.3) is 0 Å². The Kier molecular flexibility index (Phi) is 5.65. The number of nitrogens with two attached hydrogens (primary N) is 1. The SMILES string of the molecule is CC1(C)CC2=C(CO1)N(OC(=O)C(F)(F)F)N(c1cccc(S(C)(=O)=O)c1)C(N)=C2C#N. The van der Waals surface area contributed by atoms with Crippen molar-refractivity contribution >= 4 is 21.5 Å². The van der Waals surface area contributed by atoms with Crippen molar-refractivity contribution < 1.29 is 36.0 Å². The minimum Gasteiger partial charge on any atom is -0.382 e. The average Bonchev–Trinajstić information content (AvgIpc) is 2.66. The van der Waals surface area contributed by atoms with Gasteiger partial charge in [-0.25, -0.2) is 18.2 Å². The fourth-order valence-electron chi connectivity index (χ4n) is 3.25. The summed E-state index contributed by atoms with van der Waals surface area (Å²) in [5.41, 5.74) is 5.48. The number of hydroxylamine groups is 1. The van der Waals surface area contributed by atoms with Gasteiger partial charge in [-0.2, -0.15) is 18.4 Å². The van der Waals surface area contributed by atoms with Gasteiger partial charge in [-0.05, 0) is 32.0 Å². The van der Waals surface area contributed by atoms with Crippen molar-refractivity contribution in [1.29, 1.82) is 5.26 Å². The van der Waals surface area contributed by atoms with Crippen molar-refractivity contribution in [3.8, 4) is 6.07 Å². The van der Waals surface area contributed by atoms with Crippen LogP contribution in [0.1, 0.15) is 20.3 Å². The van der Waals surface area contributed by atoms with Crippen LogP contribution in [-0.4, -0.2) is 44.2 Å². The molecular weight excluding hydrogens is 453 g/mol. The van der Waals surface area contributed by atoms with Gasteiger partial charge >= 0.3 is 12.1 Å². The third-order valence-electron chi connectivity index (χ3n) is 4.75. The maximum absolute atomic E-state index is 13.0. The second-order valence-corrected chi connectivity index (χ2v) is 9.77. The smallest absolute Gasteiger partial charge is 0.382 e. The molecule has 32 heavy (non-hydrogen) atoms. The van der Waals surface area contributed by atoms with E-state index in [-0.39, 0.29) is 46.3 Å². The van der Waals surface area contributed by atoms with E-state index in [2.05, 4.69) is 4.84 Å². The summed E-state index contributed by atoms with van der Waals surface area (Å²) in [7, 11) is -3.69. The van der Waals surface area contributed by atoms with Gasteiger partial charge in [0.2, 0.25) is 0 Å². The summed E-state index contributed by atoms with van der Waals surface area (Å²) >= 11 is 0. The summed E-state index contributed by atoms with van der Waals surface area (Å²) in [4.78, 5) is 16.2. The fraction of sp³-hybridized carbons (Fsp3) is 0.368. The first-order valence-electron chi connectivity index (χ1n) is 9.11. The molecule has 13 heteroatoms. The highest BCUT2D eigenvalue weighted by molar-refractivity contribution is 7.90. The van der Waals surface area contributed by atoms with Gasteiger partial charge < -0.3 is 15.3 Å². The van der Waals surface area contributed by atoms with E-state index in [1.165, 1.54) is 18.2 Å². The minimum atomic E-state index is -5.33. The number of nitriles is 1. The van der Waals surface area contributed by atoms with Crippen molar-refractivity contribution in [3.63, 3.8) is 0 Å². The number of halogens is 3. The van der Waals surface area contributed by atoms with Gasteiger partial charge in [0.15, 0.2) is 9.84 Å². The zero-order valence-corrected chi connectivity index (χ0v) is 18.0. The molecule has 2 aliphatic rings. The maximum Gasteiger partial charge on any atom is 0.493 e. The summed E-state index contributed by atoms with van der Waals surface area (Å²) in [5.74, 6) is -2.88. The van der Waals surface area contributed by atoms with Gasteiger partial charge in [0.05, 0.1) is 28.4 Å². The zero-order valence-electron chi connectivity index (χ0n) is 17.2. The van der Waals surface area contributed by atoms with Crippen LogP contribution in [0.4, 0.5) is 18.9 Å². The highest BCUT2D eigenvalue weighted by atomic mass is 32.2. The monoisotopic (exact) mass is 472 g/mol. The van der Waals surface area contributed by atoms with Gasteiger partial charge in [-0.3, -0.25) is 0 Å². The van der Waals surface area contributed by atoms with Crippen LogP contribution in [0.2, 0.25) is 0 Å². The largest absolute Gasteiger partial charge is 0.493 e. The topological polar surface area (TPSA) is 126 Å². The summed E-state index contributed by atoms with van der Waals surface area (Å²) in [6.07, 6.45) is -4.28. The molecule has 0 saturated heterocycles. The van der Waals surface area contributed by atoms with Crippen LogP contribution in [0.3, 0.4) is 0 Å². The molecule has 0 spiro atoms. The molecule has 1 aromatic rings. The van der Waals surface area contributed by atoms with Crippen molar-refractivity contribution in [2.24, 2.45) is 5.73 Å². The van der Waals surface area contributed by atoms with E-state index < -0.39 is 27.6 Å². The van der Waals surface area contributed by atoms with Crippen molar-refractivity contribution in [1.82, 2.24) is 5.17 Å². The van der Waals surface area contributed by atoms with Crippen LogP contribution in [0.15, 0.2) is 51.8 Å². The van der Waals surface area contributed by atoms with E-state index >= 15 is 0 Å². The van der Waals surface area contributed by atoms with E-state index in [1.54, 1.807) is 13.8 Å². The van der Waals surface area contributed by atoms with E-state index in [0.29, 0.717) is 5.17 Å². The summed E-state index contributed by atoms with van der Waals surface area (Å²) in [6, 6.07) is 7.01. The first-order valence-corrected chi connectivity index (χ1v) is 11.0. The molecule has 0 unspecified atom stereocenters. The number of anilines is 1. The predicted octanol–water partition coefficient (Wildman–Crippen LogP) is 2.29. The maximum atomic E-state index is 13.0. The third-order valence-corrected chi connectivity index (χ3v) is 5.86. The van der Waals surface area contributed by atoms with Crippen molar-refractivity contribution in [2.75, 3.05) is 17.9 Å². The molecule has 0 aliphatic carbocycles. The molecule has 3 rings (SSSR count). The van der Waals surface area contributed by atoms with Crippen LogP contribution in [0.5, 0.6) is 0 Å². The summed E-state index contributed by atoms with van der Waals surface area (Å²) in [6.45, 7) is 3.14. The molecular formula is C19H19F3N4O5S. The van der Waals surface area contributed by atoms with Gasteiger partial charge in [0.1, 0.15) is 17.6 Å². The van der Waals surface area contributed by atoms with E-state index in [9.17, 15) is 31.6 Å². The number of alkyl halides is 3. The van der Waals surface area contributed by atoms with Crippen LogP contribution >= 0.6 is 0 Å². The predicted molar refractivity (Wildman–Crippen MR) is 105 cm³/mol. The Morgan fingerprint density at radius 3 is 2.56 bits per heavy atom. The van der Waals surface area contributed by atoms with Gasteiger partial charge in [-0.15, -0.1) is 5.17 Å². The lowest BCUT2D eigenvalue weighted by Crippen LogP contribution is -2.53. The second kappa shape index (κ2) is 7.72. The van der Waals surface area contributed by atoms with Crippen LogP contribution in [0.25, 0.3) is 0 Å². The van der Waals surface area contributed by atoms with E-state index in [0.717, 1.165) is 17.3 Å². The first-order chi connectivity index (χ1) is 14.7. The molecule has 2 heterocycles. The Morgan fingerprint density at radius 2 is 2.00 bits per heavy atom. The van der Waals surface area contributed by atoms with E-state index in [4.69, 9.17) is 10.5 Å². The number of allylic oxidation sites excluding steroid dienone is 1. The van der Waals surface area contributed by atoms with Crippen LogP contribution in [0, 0.1) is 11.3 Å². The molecule has 9 nitrogen and oxygen atoms in total. The number of hydrazine groups is 1. The lowest BCUT2D eigenvalue weighted by molar-refractivity contribution is -0.236.